The van der Waals surface area contributed by atoms with Crippen molar-refractivity contribution in [3.8, 4) is 0 Å². The summed E-state index contributed by atoms with van der Waals surface area (Å²) in [4.78, 5) is 68.3. The molecule has 3 aliphatic rings. The predicted octanol–water partition coefficient (Wildman–Crippen LogP) is 1.83. The average Bonchev–Trinajstić information content (AvgIpc) is 3.31. The smallest absolute Gasteiger partial charge is 0.429 e. The molecule has 3 aliphatic heterocycles. The number of hydrogen-bond donors (Lipinski definition) is 1. The van der Waals surface area contributed by atoms with Crippen molar-refractivity contribution in [3.05, 3.63) is 92.0 Å². The molecule has 1 fully saturated rings. The minimum atomic E-state index is -2.76. The van der Waals surface area contributed by atoms with Crippen molar-refractivity contribution in [3.63, 3.8) is 0 Å². The maximum atomic E-state index is 13.1. The second-order valence-corrected chi connectivity index (χ2v) is 10.3. The van der Waals surface area contributed by atoms with Crippen molar-refractivity contribution < 1.29 is 42.5 Å². The van der Waals surface area contributed by atoms with E-state index in [1.807, 2.05) is 24.3 Å². The van der Waals surface area contributed by atoms with Gasteiger partial charge in [-0.05, 0) is 18.6 Å². The summed E-state index contributed by atoms with van der Waals surface area (Å²) in [6.45, 7) is 8.19. The highest BCUT2D eigenvalue weighted by molar-refractivity contribution is 5.95. The van der Waals surface area contributed by atoms with Gasteiger partial charge in [0, 0.05) is 49.3 Å². The second kappa shape index (κ2) is 12.3. The van der Waals surface area contributed by atoms with Crippen LogP contribution in [0.1, 0.15) is 12.2 Å². The van der Waals surface area contributed by atoms with Crippen LogP contribution in [0.2, 0.25) is 0 Å². The monoisotopic (exact) mass is 628 g/mol. The molecule has 3 aromatic rings. The van der Waals surface area contributed by atoms with Crippen LogP contribution in [0.25, 0.3) is 11.0 Å². The first-order valence-corrected chi connectivity index (χ1v) is 14.2. The van der Waals surface area contributed by atoms with Crippen LogP contribution < -0.4 is 15.1 Å². The number of nitrogens with one attached hydrogen (secondary N) is 1. The van der Waals surface area contributed by atoms with Crippen molar-refractivity contribution in [1.82, 2.24) is 20.3 Å². The van der Waals surface area contributed by atoms with E-state index in [1.165, 1.54) is 11.2 Å². The Hall–Kier alpha value is -5.83. The van der Waals surface area contributed by atoms with Gasteiger partial charge in [-0.2, -0.15) is 4.98 Å². The van der Waals surface area contributed by atoms with Crippen molar-refractivity contribution in [2.75, 3.05) is 29.4 Å². The van der Waals surface area contributed by atoms with Crippen molar-refractivity contribution >= 4 is 46.7 Å². The lowest BCUT2D eigenvalue weighted by atomic mass is 9.92. The van der Waals surface area contributed by atoms with E-state index >= 15 is 0 Å². The van der Waals surface area contributed by atoms with Gasteiger partial charge < -0.3 is 28.3 Å². The molecule has 1 atom stereocenters. The first kappa shape index (κ1) is 30.2. The third-order valence-corrected chi connectivity index (χ3v) is 7.36. The SMILES string of the molecule is C=CCN(CC=C)c1ncnc(N2CCC(NCc3cc4ccccc4o3)C3(OC(=O)C=CC(=O)O3)C23OC(=O)C=CC(=O)O3)n1. The highest BCUT2D eigenvalue weighted by Gasteiger charge is 2.75. The number of hydrogen-bond acceptors (Lipinski definition) is 15. The minimum Gasteiger partial charge on any atom is -0.460 e. The lowest BCUT2D eigenvalue weighted by Crippen LogP contribution is -2.80. The maximum absolute atomic E-state index is 13.1. The molecule has 0 saturated carbocycles. The molecule has 0 amide bonds. The molecule has 1 unspecified atom stereocenters. The Labute approximate surface area is 261 Å². The van der Waals surface area contributed by atoms with Crippen LogP contribution in [0.4, 0.5) is 11.9 Å². The number of carbonyl (C=O) groups is 4. The number of aromatic nitrogens is 3. The van der Waals surface area contributed by atoms with Gasteiger partial charge >= 0.3 is 35.6 Å². The zero-order chi connectivity index (χ0) is 32.3. The molecule has 15 nitrogen and oxygen atoms in total. The summed E-state index contributed by atoms with van der Waals surface area (Å²) >= 11 is 0. The number of carbonyl (C=O) groups excluding carboxylic acids is 4. The number of rotatable bonds is 9. The van der Waals surface area contributed by atoms with Gasteiger partial charge in [-0.15, -0.1) is 13.2 Å². The van der Waals surface area contributed by atoms with E-state index in [1.54, 1.807) is 23.1 Å². The highest BCUT2D eigenvalue weighted by atomic mass is 16.8. The lowest BCUT2D eigenvalue weighted by Gasteiger charge is -2.54. The molecule has 2 aromatic heterocycles. The van der Waals surface area contributed by atoms with E-state index in [0.29, 0.717) is 24.4 Å². The Morgan fingerprint density at radius 2 is 1.54 bits per heavy atom. The fourth-order valence-corrected chi connectivity index (χ4v) is 5.48. The number of esters is 4. The zero-order valence-electron chi connectivity index (χ0n) is 24.4. The largest absolute Gasteiger partial charge is 0.460 e. The molecular formula is C31H28N6O9. The molecule has 236 valence electrons. The Morgan fingerprint density at radius 1 is 0.913 bits per heavy atom. The number of furan rings is 1. The van der Waals surface area contributed by atoms with Gasteiger partial charge in [0.05, 0.1) is 12.6 Å². The molecule has 2 spiro atoms. The topological polar surface area (TPSA) is 176 Å². The van der Waals surface area contributed by atoms with E-state index < -0.39 is 41.6 Å². The first-order chi connectivity index (χ1) is 22.3. The number of fused-ring (bicyclic) bond motifs is 2. The fraction of sp³-hybridized carbons (Fsp3) is 0.258. The van der Waals surface area contributed by atoms with Crippen LogP contribution in [0.15, 0.2) is 90.7 Å². The summed E-state index contributed by atoms with van der Waals surface area (Å²) in [5, 5.41) is 4.05. The van der Waals surface area contributed by atoms with Crippen LogP contribution in [-0.4, -0.2) is 76.2 Å². The molecule has 6 rings (SSSR count). The Balaban J connectivity index is 1.48. The highest BCUT2D eigenvalue weighted by Crippen LogP contribution is 2.47. The molecule has 0 aliphatic carbocycles. The standard InChI is InChI=1S/C31H28N6O9/c1-3-14-36(15-4-2)28-33-19-34-29(35-28)37-16-13-23(32-18-21-17-20-7-5-6-8-22(20)42-21)30(43-24(38)9-10-25(39)44-30)31(37)45-26(40)11-12-27(41)46-31/h3-12,17,19,23,32H,1-2,13-16,18H2. The van der Waals surface area contributed by atoms with E-state index in [-0.39, 0.29) is 31.4 Å². The third kappa shape index (κ3) is 5.47. The molecule has 1 saturated heterocycles. The van der Waals surface area contributed by atoms with Crippen LogP contribution in [0.5, 0.6) is 0 Å². The molecule has 1 aromatic carbocycles. The van der Waals surface area contributed by atoms with Crippen LogP contribution in [0.3, 0.4) is 0 Å². The number of piperidine rings is 1. The number of ether oxygens (including phenoxy) is 4. The minimum absolute atomic E-state index is 0.0494. The summed E-state index contributed by atoms with van der Waals surface area (Å²) in [6.07, 6.45) is 7.92. The van der Waals surface area contributed by atoms with E-state index in [2.05, 4.69) is 33.4 Å². The Bertz CT molecular complexity index is 1700. The molecule has 0 radical (unpaired) electrons. The summed E-state index contributed by atoms with van der Waals surface area (Å²) in [7, 11) is 0. The van der Waals surface area contributed by atoms with Crippen LogP contribution in [-0.2, 0) is 44.7 Å². The van der Waals surface area contributed by atoms with E-state index in [4.69, 9.17) is 23.4 Å². The summed E-state index contributed by atoms with van der Waals surface area (Å²) in [6, 6.07) is 8.06. The Kier molecular flexibility index (Phi) is 8.06. The zero-order valence-corrected chi connectivity index (χ0v) is 24.4. The molecule has 1 N–H and O–H groups in total. The predicted molar refractivity (Wildman–Crippen MR) is 159 cm³/mol. The second-order valence-electron chi connectivity index (χ2n) is 10.3. The number of anilines is 2. The summed E-state index contributed by atoms with van der Waals surface area (Å²) in [5.41, 5.74) is 0.641. The average molecular weight is 629 g/mol. The van der Waals surface area contributed by atoms with Crippen LogP contribution in [0, 0.1) is 0 Å². The molecule has 5 heterocycles. The fourth-order valence-electron chi connectivity index (χ4n) is 5.48. The van der Waals surface area contributed by atoms with Crippen molar-refractivity contribution in [2.24, 2.45) is 0 Å². The molecule has 15 heteroatoms. The van der Waals surface area contributed by atoms with Gasteiger partial charge in [0.1, 0.15) is 17.7 Å². The van der Waals surface area contributed by atoms with Gasteiger partial charge in [0.25, 0.3) is 0 Å². The summed E-state index contributed by atoms with van der Waals surface area (Å²) < 4.78 is 29.2. The molecular weight excluding hydrogens is 600 g/mol. The Morgan fingerprint density at radius 3 is 2.17 bits per heavy atom. The van der Waals surface area contributed by atoms with Crippen molar-refractivity contribution in [1.29, 1.82) is 0 Å². The van der Waals surface area contributed by atoms with Gasteiger partial charge in [-0.1, -0.05) is 30.4 Å². The number of benzene rings is 1. The van der Waals surface area contributed by atoms with Gasteiger partial charge in [-0.25, -0.2) is 29.1 Å². The van der Waals surface area contributed by atoms with E-state index in [9.17, 15) is 19.2 Å². The maximum Gasteiger partial charge on any atom is 0.429 e. The van der Waals surface area contributed by atoms with Gasteiger partial charge in [-0.3, -0.25) is 10.2 Å². The third-order valence-electron chi connectivity index (χ3n) is 7.36. The van der Waals surface area contributed by atoms with Crippen LogP contribution >= 0.6 is 0 Å². The molecule has 46 heavy (non-hydrogen) atoms. The summed E-state index contributed by atoms with van der Waals surface area (Å²) in [5.74, 6) is -9.05. The molecule has 0 bridgehead atoms. The van der Waals surface area contributed by atoms with Gasteiger partial charge in [0.15, 0.2) is 0 Å². The van der Waals surface area contributed by atoms with E-state index in [0.717, 1.165) is 29.7 Å². The van der Waals surface area contributed by atoms with Gasteiger partial charge in [0.2, 0.25) is 11.9 Å². The van der Waals surface area contributed by atoms with Crippen molar-refractivity contribution in [2.45, 2.75) is 30.7 Å². The normalized spacial score (nSPS) is 20.0. The quantitative estimate of drug-likeness (QED) is 0.268. The first-order valence-electron chi connectivity index (χ1n) is 14.2. The number of para-hydroxylation sites is 1. The number of nitrogens with zero attached hydrogens (tertiary/aromatic N) is 5. The lowest BCUT2D eigenvalue weighted by molar-refractivity contribution is -0.374.